The van der Waals surface area contributed by atoms with Gasteiger partial charge in [-0.1, -0.05) is 31.2 Å². The predicted molar refractivity (Wildman–Crippen MR) is 61.2 cm³/mol. The van der Waals surface area contributed by atoms with Gasteiger partial charge in [-0.25, -0.2) is 0 Å². The van der Waals surface area contributed by atoms with Crippen LogP contribution in [0.1, 0.15) is 18.1 Å². The minimum Gasteiger partial charge on any atom is -0.352 e. The number of nitrogens with two attached hydrogens (primary N) is 1. The zero-order chi connectivity index (χ0) is 11.3. The summed E-state index contributed by atoms with van der Waals surface area (Å²) in [6.45, 7) is 4.83. The molecule has 1 atom stereocenters. The molecule has 3 nitrogen and oxygen atoms in total. The van der Waals surface area contributed by atoms with E-state index in [1.807, 2.05) is 38.1 Å². The predicted octanol–water partition coefficient (Wildman–Crippen LogP) is 1.21. The Hall–Kier alpha value is -1.35. The van der Waals surface area contributed by atoms with Crippen LogP contribution in [0.4, 0.5) is 0 Å². The van der Waals surface area contributed by atoms with Crippen molar-refractivity contribution < 1.29 is 4.79 Å². The van der Waals surface area contributed by atoms with Gasteiger partial charge < -0.3 is 11.1 Å². The largest absolute Gasteiger partial charge is 0.352 e. The Bertz CT molecular complexity index is 336. The number of nitrogens with one attached hydrogen (secondary N) is 1. The van der Waals surface area contributed by atoms with Crippen LogP contribution < -0.4 is 11.1 Å². The molecule has 0 aliphatic heterocycles. The molecular formula is C12H18N2O. The van der Waals surface area contributed by atoms with Gasteiger partial charge in [0.2, 0.25) is 5.91 Å². The summed E-state index contributed by atoms with van der Waals surface area (Å²) in [4.78, 5) is 11.5. The van der Waals surface area contributed by atoms with Gasteiger partial charge in [-0.15, -0.1) is 0 Å². The number of hydrogen-bond donors (Lipinski definition) is 2. The molecule has 1 unspecified atom stereocenters. The molecule has 1 rings (SSSR count). The second kappa shape index (κ2) is 5.51. The van der Waals surface area contributed by atoms with E-state index < -0.39 is 0 Å². The molecule has 3 N–H and O–H groups in total. The highest BCUT2D eigenvalue weighted by Crippen LogP contribution is 2.06. The van der Waals surface area contributed by atoms with Gasteiger partial charge in [0.15, 0.2) is 0 Å². The molecule has 82 valence electrons. The maximum Gasteiger partial charge on any atom is 0.224 e. The standard InChI is InChI=1S/C12H18N2O/c1-9-5-3-4-6-11(9)8-14-12(15)10(2)7-13/h3-6,10H,7-8,13H2,1-2H3,(H,14,15). The molecule has 0 saturated carbocycles. The minimum atomic E-state index is -0.117. The van der Waals surface area contributed by atoms with Crippen LogP contribution >= 0.6 is 0 Å². The SMILES string of the molecule is Cc1ccccc1CNC(=O)C(C)CN. The first-order valence-electron chi connectivity index (χ1n) is 5.17. The fourth-order valence-corrected chi connectivity index (χ4v) is 1.27. The number of hydrogen-bond acceptors (Lipinski definition) is 2. The Morgan fingerprint density at radius 1 is 1.47 bits per heavy atom. The first kappa shape index (κ1) is 11.7. The quantitative estimate of drug-likeness (QED) is 0.778. The molecule has 0 aromatic heterocycles. The highest BCUT2D eigenvalue weighted by atomic mass is 16.1. The van der Waals surface area contributed by atoms with Crippen molar-refractivity contribution in [2.24, 2.45) is 11.7 Å². The second-order valence-corrected chi connectivity index (χ2v) is 3.78. The zero-order valence-electron chi connectivity index (χ0n) is 9.29. The fourth-order valence-electron chi connectivity index (χ4n) is 1.27. The molecule has 0 spiro atoms. The van der Waals surface area contributed by atoms with E-state index in [-0.39, 0.29) is 11.8 Å². The van der Waals surface area contributed by atoms with E-state index in [1.54, 1.807) is 0 Å². The molecule has 0 aliphatic carbocycles. The van der Waals surface area contributed by atoms with Gasteiger partial charge in [0.1, 0.15) is 0 Å². The van der Waals surface area contributed by atoms with Crippen molar-refractivity contribution in [2.75, 3.05) is 6.54 Å². The average molecular weight is 206 g/mol. The van der Waals surface area contributed by atoms with Gasteiger partial charge >= 0.3 is 0 Å². The van der Waals surface area contributed by atoms with Gasteiger partial charge in [0.25, 0.3) is 0 Å². The first-order valence-corrected chi connectivity index (χ1v) is 5.17. The molecule has 0 fully saturated rings. The van der Waals surface area contributed by atoms with Crippen LogP contribution in [0.3, 0.4) is 0 Å². The maximum absolute atomic E-state index is 11.5. The van der Waals surface area contributed by atoms with Crippen molar-refractivity contribution in [3.05, 3.63) is 35.4 Å². The molecule has 0 heterocycles. The van der Waals surface area contributed by atoms with E-state index in [4.69, 9.17) is 5.73 Å². The summed E-state index contributed by atoms with van der Waals surface area (Å²) in [5.41, 5.74) is 7.75. The van der Waals surface area contributed by atoms with Crippen LogP contribution in [0.2, 0.25) is 0 Å². The van der Waals surface area contributed by atoms with Crippen molar-refractivity contribution in [2.45, 2.75) is 20.4 Å². The Labute approximate surface area is 90.7 Å². The summed E-state index contributed by atoms with van der Waals surface area (Å²) in [7, 11) is 0. The third kappa shape index (κ3) is 3.36. The second-order valence-electron chi connectivity index (χ2n) is 3.78. The van der Waals surface area contributed by atoms with E-state index in [1.165, 1.54) is 5.56 Å². The van der Waals surface area contributed by atoms with Gasteiger partial charge in [0.05, 0.1) is 0 Å². The number of rotatable bonds is 4. The number of benzene rings is 1. The molecule has 0 saturated heterocycles. The molecule has 3 heteroatoms. The number of aryl methyl sites for hydroxylation is 1. The lowest BCUT2D eigenvalue weighted by atomic mass is 10.1. The molecule has 1 aromatic rings. The van der Waals surface area contributed by atoms with Crippen LogP contribution in [-0.4, -0.2) is 12.5 Å². The first-order chi connectivity index (χ1) is 7.15. The lowest BCUT2D eigenvalue weighted by Crippen LogP contribution is -2.32. The topological polar surface area (TPSA) is 55.1 Å². The van der Waals surface area contributed by atoms with Gasteiger partial charge in [0, 0.05) is 19.0 Å². The summed E-state index contributed by atoms with van der Waals surface area (Å²) in [6.07, 6.45) is 0. The molecule has 0 radical (unpaired) electrons. The summed E-state index contributed by atoms with van der Waals surface area (Å²) in [5, 5.41) is 2.87. The summed E-state index contributed by atoms with van der Waals surface area (Å²) in [6, 6.07) is 8.01. The smallest absolute Gasteiger partial charge is 0.224 e. The fraction of sp³-hybridized carbons (Fsp3) is 0.417. The van der Waals surface area contributed by atoms with Gasteiger partial charge in [-0.2, -0.15) is 0 Å². The monoisotopic (exact) mass is 206 g/mol. The molecular weight excluding hydrogens is 188 g/mol. The molecule has 0 aliphatic rings. The van der Waals surface area contributed by atoms with E-state index in [9.17, 15) is 4.79 Å². The van der Waals surface area contributed by atoms with E-state index in [0.717, 1.165) is 5.56 Å². The van der Waals surface area contributed by atoms with Crippen LogP contribution in [0.25, 0.3) is 0 Å². The maximum atomic E-state index is 11.5. The van der Waals surface area contributed by atoms with Gasteiger partial charge in [-0.05, 0) is 18.1 Å². The Balaban J connectivity index is 2.51. The lowest BCUT2D eigenvalue weighted by molar-refractivity contribution is -0.124. The van der Waals surface area contributed by atoms with Gasteiger partial charge in [-0.3, -0.25) is 4.79 Å². The van der Waals surface area contributed by atoms with Crippen molar-refractivity contribution >= 4 is 5.91 Å². The van der Waals surface area contributed by atoms with Crippen molar-refractivity contribution in [3.8, 4) is 0 Å². The Morgan fingerprint density at radius 2 is 2.13 bits per heavy atom. The highest BCUT2D eigenvalue weighted by Gasteiger charge is 2.09. The normalized spacial score (nSPS) is 12.2. The lowest BCUT2D eigenvalue weighted by Gasteiger charge is -2.11. The summed E-state index contributed by atoms with van der Waals surface area (Å²) >= 11 is 0. The van der Waals surface area contributed by atoms with Crippen LogP contribution in [0, 0.1) is 12.8 Å². The highest BCUT2D eigenvalue weighted by molar-refractivity contribution is 5.78. The summed E-state index contributed by atoms with van der Waals surface area (Å²) in [5.74, 6) is -0.102. The van der Waals surface area contributed by atoms with Crippen LogP contribution in [0.5, 0.6) is 0 Å². The van der Waals surface area contributed by atoms with Crippen molar-refractivity contribution in [3.63, 3.8) is 0 Å². The van der Waals surface area contributed by atoms with E-state index in [2.05, 4.69) is 5.32 Å². The summed E-state index contributed by atoms with van der Waals surface area (Å²) < 4.78 is 0. The Morgan fingerprint density at radius 3 is 2.73 bits per heavy atom. The zero-order valence-corrected chi connectivity index (χ0v) is 9.29. The van der Waals surface area contributed by atoms with Crippen molar-refractivity contribution in [1.82, 2.24) is 5.32 Å². The van der Waals surface area contributed by atoms with E-state index >= 15 is 0 Å². The molecule has 0 bridgehead atoms. The van der Waals surface area contributed by atoms with E-state index in [0.29, 0.717) is 13.1 Å². The average Bonchev–Trinajstić information content (AvgIpc) is 2.26. The third-order valence-corrected chi connectivity index (χ3v) is 2.52. The van der Waals surface area contributed by atoms with Crippen LogP contribution in [0.15, 0.2) is 24.3 Å². The Kier molecular flexibility index (Phi) is 4.31. The molecule has 15 heavy (non-hydrogen) atoms. The number of amides is 1. The van der Waals surface area contributed by atoms with Crippen LogP contribution in [-0.2, 0) is 11.3 Å². The molecule has 1 aromatic carbocycles. The molecule has 1 amide bonds. The van der Waals surface area contributed by atoms with Crippen molar-refractivity contribution in [1.29, 1.82) is 0 Å². The number of carbonyl (C=O) groups excluding carboxylic acids is 1. The minimum absolute atomic E-state index is 0.0146. The third-order valence-electron chi connectivity index (χ3n) is 2.52. The number of carbonyl (C=O) groups is 1.